The number of halogens is 2. The van der Waals surface area contributed by atoms with Crippen molar-refractivity contribution in [3.63, 3.8) is 0 Å². The van der Waals surface area contributed by atoms with Gasteiger partial charge in [0.1, 0.15) is 0 Å². The van der Waals surface area contributed by atoms with Gasteiger partial charge in [0.05, 0.1) is 9.90 Å². The fraction of sp³-hybridized carbons (Fsp3) is 0.429. The maximum atomic E-state index is 6.24. The number of rotatable bonds is 7. The Morgan fingerprint density at radius 2 is 2.00 bits per heavy atom. The quantitative estimate of drug-likeness (QED) is 0.261. The van der Waals surface area contributed by atoms with Gasteiger partial charge in [-0.15, -0.1) is 33.3 Å². The smallest absolute Gasteiger partial charge is 0.191 e. The predicted octanol–water partition coefficient (Wildman–Crippen LogP) is 7.25. The minimum absolute atomic E-state index is 0.714. The minimum Gasteiger partial charge on any atom is -0.305 e. The lowest BCUT2D eigenvalue weighted by molar-refractivity contribution is 0.449. The molecule has 0 N–H and O–H groups in total. The van der Waals surface area contributed by atoms with E-state index in [1.54, 1.807) is 23.5 Å². The third-order valence-electron chi connectivity index (χ3n) is 5.28. The largest absolute Gasteiger partial charge is 0.305 e. The maximum absolute atomic E-state index is 6.24. The van der Waals surface area contributed by atoms with Crippen molar-refractivity contribution >= 4 is 58.1 Å². The molecule has 1 aromatic carbocycles. The molecule has 3 nitrogen and oxygen atoms in total. The Balaban J connectivity index is 1.38. The van der Waals surface area contributed by atoms with E-state index in [1.807, 2.05) is 29.5 Å². The number of thioether (sulfide) groups is 2. The Labute approximate surface area is 194 Å². The molecule has 2 aromatic heterocycles. The molecular formula is C21H23Cl2N3S3. The Morgan fingerprint density at radius 1 is 1.17 bits per heavy atom. The molecule has 154 valence electrons. The van der Waals surface area contributed by atoms with Gasteiger partial charge in [0.15, 0.2) is 11.0 Å². The van der Waals surface area contributed by atoms with Crippen molar-refractivity contribution in [1.82, 2.24) is 14.8 Å². The second-order valence-corrected chi connectivity index (χ2v) is 11.4. The summed E-state index contributed by atoms with van der Waals surface area (Å²) in [5.74, 6) is 3.67. The molecule has 4 rings (SSSR count). The van der Waals surface area contributed by atoms with E-state index in [2.05, 4.69) is 34.8 Å². The fourth-order valence-corrected chi connectivity index (χ4v) is 7.20. The van der Waals surface area contributed by atoms with Crippen LogP contribution in [0.25, 0.3) is 10.7 Å². The molecule has 1 atom stereocenters. The van der Waals surface area contributed by atoms with E-state index in [9.17, 15) is 0 Å². The molecule has 0 aliphatic heterocycles. The van der Waals surface area contributed by atoms with E-state index in [0.29, 0.717) is 5.02 Å². The summed E-state index contributed by atoms with van der Waals surface area (Å²) in [7, 11) is 2.06. The first-order chi connectivity index (χ1) is 14.0. The van der Waals surface area contributed by atoms with Gasteiger partial charge in [-0.1, -0.05) is 48.3 Å². The second kappa shape index (κ2) is 9.65. The summed E-state index contributed by atoms with van der Waals surface area (Å²) in [5.41, 5.74) is 1.52. The van der Waals surface area contributed by atoms with E-state index in [-0.39, 0.29) is 0 Å². The highest BCUT2D eigenvalue weighted by atomic mass is 35.5. The molecule has 2 heterocycles. The summed E-state index contributed by atoms with van der Waals surface area (Å²) in [6, 6.07) is 7.92. The number of nitrogens with zero attached hydrogens (tertiary/aromatic N) is 3. The molecule has 0 fully saturated rings. The van der Waals surface area contributed by atoms with Crippen molar-refractivity contribution in [2.75, 3.05) is 11.5 Å². The van der Waals surface area contributed by atoms with Gasteiger partial charge in [-0.2, -0.15) is 0 Å². The number of hydrogen-bond donors (Lipinski definition) is 0. The van der Waals surface area contributed by atoms with Crippen molar-refractivity contribution in [3.8, 4) is 10.7 Å². The predicted molar refractivity (Wildman–Crippen MR) is 128 cm³/mol. The van der Waals surface area contributed by atoms with E-state index >= 15 is 0 Å². The molecule has 8 heteroatoms. The fourth-order valence-electron chi connectivity index (χ4n) is 3.59. The first kappa shape index (κ1) is 21.6. The summed E-state index contributed by atoms with van der Waals surface area (Å²) in [4.78, 5) is 3.80. The zero-order valence-corrected chi connectivity index (χ0v) is 20.4. The molecule has 3 aromatic rings. The number of hydrogen-bond acceptors (Lipinski definition) is 5. The second-order valence-electron chi connectivity index (χ2n) is 7.21. The van der Waals surface area contributed by atoms with Crippen LogP contribution in [0, 0.1) is 5.92 Å². The van der Waals surface area contributed by atoms with Gasteiger partial charge in [-0.05, 0) is 55.0 Å². The average molecular weight is 485 g/mol. The SMILES string of the molecule is CC[C@@H]1CCc2sc(-c3nnc(SCCSc4cc(Cl)ccc4Cl)n3C)cc2C1. The van der Waals surface area contributed by atoms with Gasteiger partial charge in [0.25, 0.3) is 0 Å². The number of thiophene rings is 1. The molecule has 1 aliphatic rings. The Hall–Kier alpha value is -0.660. The molecule has 0 amide bonds. The summed E-state index contributed by atoms with van der Waals surface area (Å²) < 4.78 is 2.12. The molecule has 29 heavy (non-hydrogen) atoms. The van der Waals surface area contributed by atoms with Crippen molar-refractivity contribution < 1.29 is 0 Å². The number of aryl methyl sites for hydroxylation is 1. The highest BCUT2D eigenvalue weighted by Crippen LogP contribution is 2.38. The number of benzene rings is 1. The first-order valence-electron chi connectivity index (χ1n) is 9.77. The van der Waals surface area contributed by atoms with E-state index in [4.69, 9.17) is 23.2 Å². The van der Waals surface area contributed by atoms with Crippen LogP contribution in [0.2, 0.25) is 10.0 Å². The number of fused-ring (bicyclic) bond motifs is 1. The molecule has 0 radical (unpaired) electrons. The highest BCUT2D eigenvalue weighted by Gasteiger charge is 2.22. The zero-order chi connectivity index (χ0) is 20.4. The molecule has 1 aliphatic carbocycles. The van der Waals surface area contributed by atoms with Crippen LogP contribution >= 0.6 is 58.1 Å². The van der Waals surface area contributed by atoms with E-state index in [1.165, 1.54) is 41.0 Å². The van der Waals surface area contributed by atoms with Gasteiger partial charge < -0.3 is 4.57 Å². The molecule has 0 saturated carbocycles. The summed E-state index contributed by atoms with van der Waals surface area (Å²) >= 11 is 17.6. The van der Waals surface area contributed by atoms with Gasteiger partial charge in [0, 0.05) is 33.3 Å². The van der Waals surface area contributed by atoms with Crippen LogP contribution in [0.5, 0.6) is 0 Å². The number of aromatic nitrogens is 3. The van der Waals surface area contributed by atoms with Crippen LogP contribution < -0.4 is 0 Å². The monoisotopic (exact) mass is 483 g/mol. The molecule has 0 saturated heterocycles. The Kier molecular flexibility index (Phi) is 7.18. The highest BCUT2D eigenvalue weighted by molar-refractivity contribution is 8.03. The van der Waals surface area contributed by atoms with E-state index in [0.717, 1.165) is 38.3 Å². The maximum Gasteiger partial charge on any atom is 0.191 e. The van der Waals surface area contributed by atoms with Gasteiger partial charge in [0.2, 0.25) is 0 Å². The Morgan fingerprint density at radius 3 is 2.83 bits per heavy atom. The van der Waals surface area contributed by atoms with Gasteiger partial charge >= 0.3 is 0 Å². The molecule has 0 unspecified atom stereocenters. The van der Waals surface area contributed by atoms with Crippen LogP contribution in [0.4, 0.5) is 0 Å². The van der Waals surface area contributed by atoms with E-state index < -0.39 is 0 Å². The lowest BCUT2D eigenvalue weighted by atomic mass is 9.87. The Bertz CT molecular complexity index is 999. The normalized spacial score (nSPS) is 16.2. The van der Waals surface area contributed by atoms with Crippen LogP contribution in [-0.4, -0.2) is 26.3 Å². The molecule has 0 bridgehead atoms. The van der Waals surface area contributed by atoms with Crippen LogP contribution in [0.1, 0.15) is 30.2 Å². The third kappa shape index (κ3) is 4.99. The standard InChI is InChI=1S/C21H23Cl2N3S3/c1-3-13-4-7-17-14(10-13)11-19(29-17)20-24-25-21(26(20)2)28-9-8-27-18-12-15(22)5-6-16(18)23/h5-6,11-13H,3-4,7-10H2,1-2H3/t13-/m1/s1. The lowest BCUT2D eigenvalue weighted by Gasteiger charge is -2.19. The first-order valence-corrected chi connectivity index (χ1v) is 13.3. The van der Waals surface area contributed by atoms with Gasteiger partial charge in [-0.25, -0.2) is 0 Å². The summed E-state index contributed by atoms with van der Waals surface area (Å²) in [6.45, 7) is 2.30. The van der Waals surface area contributed by atoms with Crippen molar-refractivity contribution in [1.29, 1.82) is 0 Å². The van der Waals surface area contributed by atoms with Crippen molar-refractivity contribution in [3.05, 3.63) is 44.8 Å². The van der Waals surface area contributed by atoms with Crippen LogP contribution in [-0.2, 0) is 19.9 Å². The summed E-state index contributed by atoms with van der Waals surface area (Å²) in [6.07, 6.45) is 5.01. The van der Waals surface area contributed by atoms with Crippen LogP contribution in [0.15, 0.2) is 34.3 Å². The lowest BCUT2D eigenvalue weighted by Crippen LogP contribution is -2.10. The third-order valence-corrected chi connectivity index (χ3v) is 9.53. The summed E-state index contributed by atoms with van der Waals surface area (Å²) in [5, 5.41) is 11.3. The average Bonchev–Trinajstić information content (AvgIpc) is 3.30. The zero-order valence-electron chi connectivity index (χ0n) is 16.5. The van der Waals surface area contributed by atoms with Gasteiger partial charge in [-0.3, -0.25) is 0 Å². The van der Waals surface area contributed by atoms with Crippen molar-refractivity contribution in [2.24, 2.45) is 13.0 Å². The van der Waals surface area contributed by atoms with Crippen molar-refractivity contribution in [2.45, 2.75) is 42.7 Å². The topological polar surface area (TPSA) is 30.7 Å². The molecule has 0 spiro atoms. The molecular weight excluding hydrogens is 461 g/mol. The van der Waals surface area contributed by atoms with Crippen LogP contribution in [0.3, 0.4) is 0 Å². The minimum atomic E-state index is 0.714.